The van der Waals surface area contributed by atoms with Crippen molar-refractivity contribution >= 4 is 23.7 Å². The SMILES string of the molecule is NCCCCC(NC(=O)C1CCCN1C(=O)C(Cc1cnc[nH]1)NC(=O)CN)C(=O)O. The summed E-state index contributed by atoms with van der Waals surface area (Å²) in [4.78, 5) is 57.5. The number of nitrogens with two attached hydrogens (primary N) is 2. The van der Waals surface area contributed by atoms with Gasteiger partial charge in [0.05, 0.1) is 12.9 Å². The molecule has 3 atom stereocenters. The maximum absolute atomic E-state index is 13.2. The molecule has 0 radical (unpaired) electrons. The second-order valence-electron chi connectivity index (χ2n) is 7.48. The number of H-pyrrole nitrogens is 1. The molecular formula is C19H31N7O5. The number of nitrogens with zero attached hydrogens (tertiary/aromatic N) is 2. The number of carboxylic acid groups (broad SMARTS) is 1. The Labute approximate surface area is 180 Å². The molecule has 0 spiro atoms. The number of amides is 3. The lowest BCUT2D eigenvalue weighted by Crippen LogP contribution is -2.56. The average Bonchev–Trinajstić information content (AvgIpc) is 3.43. The van der Waals surface area contributed by atoms with Gasteiger partial charge >= 0.3 is 5.97 Å². The zero-order valence-electron chi connectivity index (χ0n) is 17.4. The maximum Gasteiger partial charge on any atom is 0.326 e. The predicted octanol–water partition coefficient (Wildman–Crippen LogP) is -1.91. The minimum absolute atomic E-state index is 0.159. The van der Waals surface area contributed by atoms with E-state index in [1.54, 1.807) is 6.20 Å². The Balaban J connectivity index is 2.09. The second kappa shape index (κ2) is 12.0. The van der Waals surface area contributed by atoms with Gasteiger partial charge in [0.1, 0.15) is 18.1 Å². The van der Waals surface area contributed by atoms with E-state index in [2.05, 4.69) is 20.6 Å². The summed E-state index contributed by atoms with van der Waals surface area (Å²) in [6, 6.07) is -2.78. The number of likely N-dealkylation sites (tertiary alicyclic amines) is 1. The van der Waals surface area contributed by atoms with Crippen LogP contribution >= 0.6 is 0 Å². The minimum Gasteiger partial charge on any atom is -0.480 e. The fourth-order valence-corrected chi connectivity index (χ4v) is 3.59. The van der Waals surface area contributed by atoms with Crippen LogP contribution in [0.5, 0.6) is 0 Å². The van der Waals surface area contributed by atoms with Crippen LogP contribution in [-0.2, 0) is 25.6 Å². The summed E-state index contributed by atoms with van der Waals surface area (Å²) in [6.45, 7) is 0.497. The third kappa shape index (κ3) is 7.03. The van der Waals surface area contributed by atoms with Crippen molar-refractivity contribution in [1.29, 1.82) is 0 Å². The Morgan fingerprint density at radius 1 is 1.23 bits per heavy atom. The molecule has 1 aliphatic heterocycles. The van der Waals surface area contributed by atoms with Crippen molar-refractivity contribution in [2.24, 2.45) is 11.5 Å². The molecule has 0 bridgehead atoms. The smallest absolute Gasteiger partial charge is 0.326 e. The van der Waals surface area contributed by atoms with E-state index in [0.29, 0.717) is 44.5 Å². The molecule has 1 aromatic heterocycles. The van der Waals surface area contributed by atoms with E-state index in [1.165, 1.54) is 11.2 Å². The predicted molar refractivity (Wildman–Crippen MR) is 110 cm³/mol. The summed E-state index contributed by atoms with van der Waals surface area (Å²) in [5.41, 5.74) is 11.5. The van der Waals surface area contributed by atoms with Crippen LogP contribution in [0.15, 0.2) is 12.5 Å². The van der Waals surface area contributed by atoms with Crippen molar-refractivity contribution in [3.63, 3.8) is 0 Å². The first kappa shape index (κ1) is 24.3. The van der Waals surface area contributed by atoms with Gasteiger partial charge in [0.2, 0.25) is 17.7 Å². The first-order valence-electron chi connectivity index (χ1n) is 10.4. The molecule has 1 aromatic rings. The van der Waals surface area contributed by atoms with Crippen molar-refractivity contribution in [2.45, 2.75) is 56.7 Å². The Morgan fingerprint density at radius 2 is 2.00 bits per heavy atom. The molecular weight excluding hydrogens is 406 g/mol. The molecule has 1 saturated heterocycles. The van der Waals surface area contributed by atoms with Crippen molar-refractivity contribution in [1.82, 2.24) is 25.5 Å². The summed E-state index contributed by atoms with van der Waals surface area (Å²) in [5.74, 6) is -2.57. The molecule has 12 nitrogen and oxygen atoms in total. The molecule has 0 saturated carbocycles. The number of unbranched alkanes of at least 4 members (excludes halogenated alkanes) is 1. The number of rotatable bonds is 12. The lowest BCUT2D eigenvalue weighted by Gasteiger charge is -2.29. The first-order chi connectivity index (χ1) is 14.9. The van der Waals surface area contributed by atoms with Gasteiger partial charge in [-0.1, -0.05) is 0 Å². The van der Waals surface area contributed by atoms with Gasteiger partial charge in [-0.15, -0.1) is 0 Å². The number of hydrogen-bond acceptors (Lipinski definition) is 7. The normalized spacial score (nSPS) is 17.7. The van der Waals surface area contributed by atoms with Crippen LogP contribution in [-0.4, -0.2) is 81.4 Å². The molecule has 3 amide bonds. The molecule has 12 heteroatoms. The average molecular weight is 438 g/mol. The number of carboxylic acids is 1. The highest BCUT2D eigenvalue weighted by Gasteiger charge is 2.38. The van der Waals surface area contributed by atoms with Crippen molar-refractivity contribution in [3.05, 3.63) is 18.2 Å². The van der Waals surface area contributed by atoms with Crippen LogP contribution in [0.25, 0.3) is 0 Å². The van der Waals surface area contributed by atoms with Gasteiger partial charge in [0.15, 0.2) is 0 Å². The van der Waals surface area contributed by atoms with Gasteiger partial charge in [-0.2, -0.15) is 0 Å². The molecule has 1 fully saturated rings. The van der Waals surface area contributed by atoms with Crippen LogP contribution in [0.4, 0.5) is 0 Å². The molecule has 8 N–H and O–H groups in total. The number of imidazole rings is 1. The van der Waals surface area contributed by atoms with Crippen LogP contribution in [0.2, 0.25) is 0 Å². The number of hydrogen-bond donors (Lipinski definition) is 6. The lowest BCUT2D eigenvalue weighted by atomic mass is 10.1. The topological polar surface area (TPSA) is 197 Å². The van der Waals surface area contributed by atoms with Crippen LogP contribution in [0.3, 0.4) is 0 Å². The highest BCUT2D eigenvalue weighted by atomic mass is 16.4. The molecule has 3 unspecified atom stereocenters. The zero-order valence-corrected chi connectivity index (χ0v) is 17.4. The van der Waals surface area contributed by atoms with Crippen molar-refractivity contribution in [3.8, 4) is 0 Å². The van der Waals surface area contributed by atoms with E-state index in [0.717, 1.165) is 0 Å². The number of carbonyl (C=O) groups excluding carboxylic acids is 3. The number of aliphatic carboxylic acids is 1. The van der Waals surface area contributed by atoms with Crippen LogP contribution in [0, 0.1) is 0 Å². The van der Waals surface area contributed by atoms with E-state index in [9.17, 15) is 24.3 Å². The summed E-state index contributed by atoms with van der Waals surface area (Å²) < 4.78 is 0. The third-order valence-electron chi connectivity index (χ3n) is 5.20. The van der Waals surface area contributed by atoms with Gasteiger partial charge in [0.25, 0.3) is 0 Å². The van der Waals surface area contributed by atoms with Crippen molar-refractivity contribution in [2.75, 3.05) is 19.6 Å². The number of aromatic amines is 1. The molecule has 2 rings (SSSR count). The summed E-state index contributed by atoms with van der Waals surface area (Å²) >= 11 is 0. The summed E-state index contributed by atoms with van der Waals surface area (Å²) in [6.07, 6.45) is 5.65. The Morgan fingerprint density at radius 3 is 2.61 bits per heavy atom. The van der Waals surface area contributed by atoms with Gasteiger partial charge in [-0.25, -0.2) is 9.78 Å². The highest BCUT2D eigenvalue weighted by Crippen LogP contribution is 2.20. The largest absolute Gasteiger partial charge is 0.480 e. The quantitative estimate of drug-likeness (QED) is 0.203. The standard InChI is InChI=1S/C19H31N7O5/c20-6-2-1-4-13(19(30)31)25-17(28)15-5-3-7-26(15)18(29)14(24-16(27)9-21)8-12-10-22-11-23-12/h10-11,13-15H,1-9,20-21H2,(H,22,23)(H,24,27)(H,25,28)(H,30,31). The van der Waals surface area contributed by atoms with Gasteiger partial charge in [0, 0.05) is 24.9 Å². The Kier molecular flexibility index (Phi) is 9.40. The van der Waals surface area contributed by atoms with E-state index in [1.807, 2.05) is 0 Å². The molecule has 31 heavy (non-hydrogen) atoms. The monoisotopic (exact) mass is 437 g/mol. The minimum atomic E-state index is -1.13. The Bertz CT molecular complexity index is 755. The maximum atomic E-state index is 13.2. The number of aromatic nitrogens is 2. The van der Waals surface area contributed by atoms with E-state index in [-0.39, 0.29) is 19.4 Å². The van der Waals surface area contributed by atoms with Crippen molar-refractivity contribution < 1.29 is 24.3 Å². The van der Waals surface area contributed by atoms with Crippen LogP contribution in [0.1, 0.15) is 37.8 Å². The second-order valence-corrected chi connectivity index (χ2v) is 7.48. The van der Waals surface area contributed by atoms with E-state index in [4.69, 9.17) is 11.5 Å². The highest BCUT2D eigenvalue weighted by molar-refractivity contribution is 5.94. The zero-order chi connectivity index (χ0) is 22.8. The van der Waals surface area contributed by atoms with Gasteiger partial charge in [-0.3, -0.25) is 14.4 Å². The summed E-state index contributed by atoms with van der Waals surface area (Å²) in [7, 11) is 0. The molecule has 1 aliphatic rings. The molecule has 0 aromatic carbocycles. The fourth-order valence-electron chi connectivity index (χ4n) is 3.59. The number of nitrogens with one attached hydrogen (secondary N) is 3. The first-order valence-corrected chi connectivity index (χ1v) is 10.4. The van der Waals surface area contributed by atoms with E-state index < -0.39 is 41.8 Å². The van der Waals surface area contributed by atoms with E-state index >= 15 is 0 Å². The Hall–Kier alpha value is -2.99. The molecule has 172 valence electrons. The van der Waals surface area contributed by atoms with Gasteiger partial charge in [-0.05, 0) is 38.6 Å². The fraction of sp³-hybridized carbons (Fsp3) is 0.632. The lowest BCUT2D eigenvalue weighted by molar-refractivity contribution is -0.145. The number of carbonyl (C=O) groups is 4. The van der Waals surface area contributed by atoms with Crippen LogP contribution < -0.4 is 22.1 Å². The third-order valence-corrected chi connectivity index (χ3v) is 5.20. The summed E-state index contributed by atoms with van der Waals surface area (Å²) in [5, 5.41) is 14.5. The molecule has 0 aliphatic carbocycles. The van der Waals surface area contributed by atoms with Gasteiger partial charge < -0.3 is 37.1 Å². The molecule has 2 heterocycles.